The molecule has 0 amide bonds. The van der Waals surface area contributed by atoms with Crippen molar-refractivity contribution in [3.63, 3.8) is 0 Å². The molecule has 0 saturated carbocycles. The predicted molar refractivity (Wildman–Crippen MR) is 89.4 cm³/mol. The molecule has 23 heavy (non-hydrogen) atoms. The Hall–Kier alpha value is -2.40. The van der Waals surface area contributed by atoms with Crippen molar-refractivity contribution >= 4 is 22.9 Å². The van der Waals surface area contributed by atoms with Gasteiger partial charge in [-0.1, -0.05) is 48.9 Å². The summed E-state index contributed by atoms with van der Waals surface area (Å²) in [6.45, 7) is 3.82. The molecule has 3 rings (SSSR count). The first kappa shape index (κ1) is 15.5. The summed E-state index contributed by atoms with van der Waals surface area (Å²) in [4.78, 5) is 25.1. The molecule has 0 fully saturated rings. The second-order valence-corrected chi connectivity index (χ2v) is 5.74. The Balaban J connectivity index is 2.27. The van der Waals surface area contributed by atoms with Gasteiger partial charge >= 0.3 is 5.69 Å². The third-order valence-electron chi connectivity index (χ3n) is 3.79. The molecule has 6 heteroatoms. The Morgan fingerprint density at radius 1 is 1.26 bits per heavy atom. The first-order chi connectivity index (χ1) is 11.0. The van der Waals surface area contributed by atoms with Gasteiger partial charge in [0.2, 0.25) is 0 Å². The highest BCUT2D eigenvalue weighted by molar-refractivity contribution is 6.34. The number of halogens is 1. The summed E-state index contributed by atoms with van der Waals surface area (Å²) in [5, 5.41) is 4.58. The number of carbonyl (C=O) groups excluding carboxylic acids is 1. The molecule has 5 nitrogen and oxygen atoms in total. The van der Waals surface area contributed by atoms with E-state index < -0.39 is 0 Å². The van der Waals surface area contributed by atoms with E-state index in [-0.39, 0.29) is 11.5 Å². The van der Waals surface area contributed by atoms with Crippen LogP contribution in [-0.4, -0.2) is 20.0 Å². The topological polar surface area (TPSA) is 56.4 Å². The summed E-state index contributed by atoms with van der Waals surface area (Å²) in [6.07, 6.45) is 0.315. The Labute approximate surface area is 138 Å². The number of hydrogen-bond donors (Lipinski definition) is 0. The van der Waals surface area contributed by atoms with Gasteiger partial charge in [-0.2, -0.15) is 9.61 Å². The van der Waals surface area contributed by atoms with Gasteiger partial charge in [0.25, 0.3) is 0 Å². The Bertz CT molecular complexity index is 942. The second kappa shape index (κ2) is 6.01. The maximum Gasteiger partial charge on any atom is 0.350 e. The molecular formula is C17H16ClN3O2. The zero-order chi connectivity index (χ0) is 16.6. The predicted octanol–water partition coefficient (Wildman–Crippen LogP) is 3.10. The number of fused-ring (bicyclic) bond motifs is 1. The van der Waals surface area contributed by atoms with Crippen molar-refractivity contribution in [3.8, 4) is 0 Å². The van der Waals surface area contributed by atoms with E-state index in [1.54, 1.807) is 19.9 Å². The maximum atomic E-state index is 12.8. The number of rotatable bonds is 4. The Morgan fingerprint density at radius 3 is 2.61 bits per heavy atom. The zero-order valence-corrected chi connectivity index (χ0v) is 13.7. The largest absolute Gasteiger partial charge is 0.350 e. The van der Waals surface area contributed by atoms with Gasteiger partial charge < -0.3 is 0 Å². The summed E-state index contributed by atoms with van der Waals surface area (Å²) in [6, 6.07) is 11.2. The van der Waals surface area contributed by atoms with Gasteiger partial charge in [-0.25, -0.2) is 4.79 Å². The van der Waals surface area contributed by atoms with Crippen molar-refractivity contribution in [2.45, 2.75) is 26.8 Å². The number of carbonyl (C=O) groups is 1. The highest BCUT2D eigenvalue weighted by Crippen LogP contribution is 2.21. The monoisotopic (exact) mass is 329 g/mol. The molecule has 0 bridgehead atoms. The highest BCUT2D eigenvalue weighted by Gasteiger charge is 2.18. The third-order valence-corrected chi connectivity index (χ3v) is 4.25. The molecule has 3 aromatic rings. The lowest BCUT2D eigenvalue weighted by Crippen LogP contribution is -2.32. The molecule has 1 aromatic carbocycles. The number of aromatic nitrogens is 3. The lowest BCUT2D eigenvalue weighted by Gasteiger charge is -2.12. The molecule has 0 unspecified atom stereocenters. The number of Topliss-reactive ketones (excluding diaryl/α,β-unsaturated/α-hetero) is 1. The van der Waals surface area contributed by atoms with Crippen LogP contribution in [0.25, 0.3) is 5.52 Å². The molecule has 0 spiro atoms. The van der Waals surface area contributed by atoms with E-state index in [1.165, 1.54) is 9.08 Å². The van der Waals surface area contributed by atoms with Crippen molar-refractivity contribution in [2.24, 2.45) is 0 Å². The molecule has 0 aliphatic carbocycles. The average Bonchev–Trinajstić information content (AvgIpc) is 2.85. The van der Waals surface area contributed by atoms with E-state index in [0.717, 1.165) is 5.56 Å². The van der Waals surface area contributed by atoms with Gasteiger partial charge in [0.05, 0.1) is 28.5 Å². The van der Waals surface area contributed by atoms with Crippen LogP contribution in [0, 0.1) is 6.92 Å². The quantitative estimate of drug-likeness (QED) is 0.691. The average molecular weight is 330 g/mol. The molecule has 0 aliphatic heterocycles. The second-order valence-electron chi connectivity index (χ2n) is 5.36. The van der Waals surface area contributed by atoms with Crippen LogP contribution in [0.5, 0.6) is 0 Å². The van der Waals surface area contributed by atoms with E-state index in [0.29, 0.717) is 34.9 Å². The molecule has 0 atom stereocenters. The molecule has 0 radical (unpaired) electrons. The van der Waals surface area contributed by atoms with Crippen molar-refractivity contribution in [1.82, 2.24) is 14.2 Å². The lowest BCUT2D eigenvalue weighted by atomic mass is 10.1. The summed E-state index contributed by atoms with van der Waals surface area (Å²) >= 11 is 6.20. The van der Waals surface area contributed by atoms with Crippen molar-refractivity contribution in [2.75, 3.05) is 0 Å². The van der Waals surface area contributed by atoms with E-state index in [9.17, 15) is 9.59 Å². The summed E-state index contributed by atoms with van der Waals surface area (Å²) in [7, 11) is 0. The summed E-state index contributed by atoms with van der Waals surface area (Å²) < 4.78 is 2.71. The fraction of sp³-hybridized carbons (Fsp3) is 0.235. The Kier molecular flexibility index (Phi) is 4.05. The van der Waals surface area contributed by atoms with Crippen LogP contribution in [0.4, 0.5) is 0 Å². The third kappa shape index (κ3) is 2.68. The van der Waals surface area contributed by atoms with Crippen molar-refractivity contribution < 1.29 is 4.79 Å². The van der Waals surface area contributed by atoms with Gasteiger partial charge in [-0.05, 0) is 18.6 Å². The molecular weight excluding hydrogens is 314 g/mol. The van der Waals surface area contributed by atoms with E-state index in [2.05, 4.69) is 5.10 Å². The fourth-order valence-electron chi connectivity index (χ4n) is 2.55. The SMILES string of the molecule is CCC(=O)c1cc2c(Cl)c(C)nn2c(=O)n1Cc1ccccc1. The van der Waals surface area contributed by atoms with Gasteiger partial charge in [0, 0.05) is 6.42 Å². The van der Waals surface area contributed by atoms with E-state index in [4.69, 9.17) is 11.6 Å². The fourth-order valence-corrected chi connectivity index (χ4v) is 2.72. The van der Waals surface area contributed by atoms with Crippen LogP contribution in [0.2, 0.25) is 5.02 Å². The van der Waals surface area contributed by atoms with Crippen LogP contribution in [0.3, 0.4) is 0 Å². The van der Waals surface area contributed by atoms with E-state index >= 15 is 0 Å². The smallest absolute Gasteiger partial charge is 0.293 e. The van der Waals surface area contributed by atoms with Gasteiger partial charge in [-0.3, -0.25) is 9.36 Å². The summed E-state index contributed by atoms with van der Waals surface area (Å²) in [5.41, 5.74) is 1.97. The van der Waals surface area contributed by atoms with Gasteiger partial charge in [-0.15, -0.1) is 0 Å². The van der Waals surface area contributed by atoms with Gasteiger partial charge in [0.15, 0.2) is 5.78 Å². The minimum absolute atomic E-state index is 0.101. The molecule has 0 saturated heterocycles. The highest BCUT2D eigenvalue weighted by atomic mass is 35.5. The minimum atomic E-state index is -0.363. The molecule has 118 valence electrons. The first-order valence-corrected chi connectivity index (χ1v) is 7.76. The minimum Gasteiger partial charge on any atom is -0.293 e. The zero-order valence-electron chi connectivity index (χ0n) is 12.9. The van der Waals surface area contributed by atoms with Crippen LogP contribution in [-0.2, 0) is 6.54 Å². The maximum absolute atomic E-state index is 12.8. The van der Waals surface area contributed by atoms with E-state index in [1.807, 2.05) is 30.3 Å². The number of aryl methyl sites for hydroxylation is 1. The van der Waals surface area contributed by atoms with Crippen LogP contribution < -0.4 is 5.69 Å². The van der Waals surface area contributed by atoms with Crippen LogP contribution in [0.1, 0.15) is 35.1 Å². The lowest BCUT2D eigenvalue weighted by molar-refractivity contribution is 0.0978. The Morgan fingerprint density at radius 2 is 1.96 bits per heavy atom. The van der Waals surface area contributed by atoms with Gasteiger partial charge in [0.1, 0.15) is 0 Å². The molecule has 2 aromatic heterocycles. The first-order valence-electron chi connectivity index (χ1n) is 7.38. The van der Waals surface area contributed by atoms with Crippen LogP contribution in [0.15, 0.2) is 41.2 Å². The molecule has 2 heterocycles. The van der Waals surface area contributed by atoms with Crippen molar-refractivity contribution in [1.29, 1.82) is 0 Å². The molecule has 0 aliphatic rings. The van der Waals surface area contributed by atoms with Crippen LogP contribution >= 0.6 is 11.6 Å². The number of hydrogen-bond acceptors (Lipinski definition) is 3. The standard InChI is InChI=1S/C17H16ClN3O2/c1-3-15(22)13-9-14-16(18)11(2)19-21(14)17(23)20(13)10-12-7-5-4-6-8-12/h4-9H,3,10H2,1-2H3. The summed E-state index contributed by atoms with van der Waals surface area (Å²) in [5.74, 6) is -0.101. The number of nitrogens with zero attached hydrogens (tertiary/aromatic N) is 3. The normalized spacial score (nSPS) is 11.1. The van der Waals surface area contributed by atoms with Crippen molar-refractivity contribution in [3.05, 3.63) is 68.9 Å². The number of ketones is 1. The molecule has 0 N–H and O–H groups in total. The number of benzene rings is 1.